The zero-order chi connectivity index (χ0) is 36.8. The second-order valence-corrected chi connectivity index (χ2v) is 13.4. The van der Waals surface area contributed by atoms with E-state index in [1.54, 1.807) is 6.92 Å². The van der Waals surface area contributed by atoms with Crippen molar-refractivity contribution in [3.8, 4) is 23.0 Å². The van der Waals surface area contributed by atoms with Crippen LogP contribution in [-0.4, -0.2) is 91.8 Å². The number of aromatic hydroxyl groups is 3. The Labute approximate surface area is 288 Å². The molecule has 0 amide bonds. The van der Waals surface area contributed by atoms with Crippen LogP contribution in [0.4, 0.5) is 0 Å². The topological polar surface area (TPSA) is 226 Å². The van der Waals surface area contributed by atoms with Crippen LogP contribution in [0.15, 0.2) is 36.4 Å². The van der Waals surface area contributed by atoms with E-state index in [4.69, 9.17) is 19.9 Å². The molecule has 1 heterocycles. The number of benzene rings is 3. The first-order chi connectivity index (χ1) is 23.5. The van der Waals surface area contributed by atoms with Gasteiger partial charge in [-0.25, -0.2) is 0 Å². The van der Waals surface area contributed by atoms with E-state index in [2.05, 4.69) is 19.9 Å². The molecular formula is C37H43NO12. The van der Waals surface area contributed by atoms with Crippen LogP contribution in [0, 0.1) is 6.92 Å². The molecule has 13 heteroatoms. The maximum absolute atomic E-state index is 13.6. The van der Waals surface area contributed by atoms with Crippen LogP contribution in [0.5, 0.6) is 23.0 Å². The molecule has 6 rings (SSSR count). The van der Waals surface area contributed by atoms with E-state index >= 15 is 0 Å². The van der Waals surface area contributed by atoms with E-state index < -0.39 is 95.7 Å². The second kappa shape index (κ2) is 14.1. The first-order valence-corrected chi connectivity index (χ1v) is 16.3. The Morgan fingerprint density at radius 3 is 2.34 bits per heavy atom. The number of aliphatic hydroxyl groups is 3. The molecule has 1 fully saturated rings. The third kappa shape index (κ3) is 6.48. The number of hydrogen-bond acceptors (Lipinski definition) is 13. The fourth-order valence-electron chi connectivity index (χ4n) is 6.74. The lowest BCUT2D eigenvalue weighted by Gasteiger charge is -2.42. The average Bonchev–Trinajstić information content (AvgIpc) is 3.08. The highest BCUT2D eigenvalue weighted by Crippen LogP contribution is 2.52. The number of nitrogens with two attached hydrogens (primary N) is 1. The number of hydrogen-bond donors (Lipinski definition) is 7. The van der Waals surface area contributed by atoms with Crippen molar-refractivity contribution in [2.24, 2.45) is 5.73 Å². The average molecular weight is 694 g/mol. The molecule has 0 aromatic heterocycles. The van der Waals surface area contributed by atoms with Crippen molar-refractivity contribution in [2.45, 2.75) is 89.1 Å². The number of fused-ring (bicyclic) bond motifs is 3. The minimum absolute atomic E-state index is 0.0173. The number of rotatable bonds is 6. The lowest BCUT2D eigenvalue weighted by molar-refractivity contribution is -0.247. The Morgan fingerprint density at radius 2 is 1.74 bits per heavy atom. The van der Waals surface area contributed by atoms with Crippen LogP contribution in [-0.2, 0) is 20.7 Å². The number of ether oxygens (including phenoxy) is 3. The Balaban J connectivity index is 0.000000377. The summed E-state index contributed by atoms with van der Waals surface area (Å²) in [7, 11) is 1.32. The highest BCUT2D eigenvalue weighted by molar-refractivity contribution is 6.31. The summed E-state index contributed by atoms with van der Waals surface area (Å²) in [6.07, 6.45) is -5.12. The van der Waals surface area contributed by atoms with Gasteiger partial charge in [-0.1, -0.05) is 38.1 Å². The molecule has 3 aromatic carbocycles. The molecule has 0 spiro atoms. The maximum atomic E-state index is 13.6. The molecule has 3 aromatic rings. The second-order valence-electron chi connectivity index (χ2n) is 13.4. The maximum Gasteiger partial charge on any atom is 0.202 e. The zero-order valence-electron chi connectivity index (χ0n) is 28.5. The summed E-state index contributed by atoms with van der Waals surface area (Å²) < 4.78 is 17.0. The van der Waals surface area contributed by atoms with Gasteiger partial charge in [0.25, 0.3) is 0 Å². The number of carbonyl (C=O) groups is 3. The third-order valence-corrected chi connectivity index (χ3v) is 9.71. The summed E-state index contributed by atoms with van der Waals surface area (Å²) in [4.78, 5) is 39.7. The van der Waals surface area contributed by atoms with E-state index in [0.29, 0.717) is 11.7 Å². The van der Waals surface area contributed by atoms with Crippen molar-refractivity contribution < 1.29 is 59.2 Å². The summed E-state index contributed by atoms with van der Waals surface area (Å²) >= 11 is 0. The highest BCUT2D eigenvalue weighted by atomic mass is 16.7. The molecule has 0 unspecified atom stereocenters. The molecule has 8 N–H and O–H groups in total. The monoisotopic (exact) mass is 693 g/mol. The summed E-state index contributed by atoms with van der Waals surface area (Å²) in [5.74, 6) is -2.89. The molecule has 0 radical (unpaired) electrons. The predicted octanol–water partition coefficient (Wildman–Crippen LogP) is 2.83. The van der Waals surface area contributed by atoms with Gasteiger partial charge in [0.05, 0.1) is 42.1 Å². The van der Waals surface area contributed by atoms with Crippen LogP contribution in [0.2, 0.25) is 0 Å². The van der Waals surface area contributed by atoms with E-state index in [1.807, 2.05) is 19.1 Å². The van der Waals surface area contributed by atoms with Gasteiger partial charge in [-0.15, -0.1) is 0 Å². The van der Waals surface area contributed by atoms with E-state index in [9.17, 15) is 45.0 Å². The van der Waals surface area contributed by atoms with Crippen molar-refractivity contribution >= 4 is 17.3 Å². The van der Waals surface area contributed by atoms with Crippen molar-refractivity contribution in [1.29, 1.82) is 0 Å². The number of phenols is 3. The molecule has 0 saturated carbocycles. The summed E-state index contributed by atoms with van der Waals surface area (Å²) in [6, 6.07) is 9.47. The van der Waals surface area contributed by atoms with Gasteiger partial charge in [0.15, 0.2) is 17.9 Å². The van der Waals surface area contributed by atoms with Gasteiger partial charge < -0.3 is 50.6 Å². The quantitative estimate of drug-likeness (QED) is 0.144. The number of aryl methyl sites for hydroxylation is 1. The number of phenolic OH excluding ortho intramolecular Hbond substituents is 3. The molecule has 3 aliphatic rings. The number of carbonyl (C=O) groups excluding carboxylic acids is 3. The molecule has 13 nitrogen and oxygen atoms in total. The number of ketones is 3. The predicted molar refractivity (Wildman–Crippen MR) is 179 cm³/mol. The van der Waals surface area contributed by atoms with Crippen LogP contribution in [0.25, 0.3) is 0 Å². The molecule has 2 aliphatic carbocycles. The van der Waals surface area contributed by atoms with Crippen molar-refractivity contribution in [2.75, 3.05) is 13.7 Å². The van der Waals surface area contributed by atoms with Crippen LogP contribution in [0.3, 0.4) is 0 Å². The van der Waals surface area contributed by atoms with Gasteiger partial charge in [0.2, 0.25) is 5.78 Å². The highest BCUT2D eigenvalue weighted by Gasteiger charge is 2.50. The SMILES string of the molecule is COc1cccc2c1C(=O)c1c(O)c3c(c(O)c1C2=O)C[C@@](O)(C(=O)CO)C[C@@H]3O[C@H]1C[C@H](N)[C@H](O)[C@H](C)O1.Cc1ccc(C(C)C)cc1O. The van der Waals surface area contributed by atoms with Gasteiger partial charge in [-0.3, -0.25) is 14.4 Å². The summed E-state index contributed by atoms with van der Waals surface area (Å²) in [5.41, 5.74) is 4.50. The molecule has 6 atom stereocenters. The van der Waals surface area contributed by atoms with Gasteiger partial charge in [0.1, 0.15) is 35.2 Å². The fraction of sp³-hybridized carbons (Fsp3) is 0.432. The molecule has 50 heavy (non-hydrogen) atoms. The normalized spacial score (nSPS) is 25.6. The van der Waals surface area contributed by atoms with Gasteiger partial charge in [-0.05, 0) is 43.0 Å². The Morgan fingerprint density at radius 1 is 1.06 bits per heavy atom. The van der Waals surface area contributed by atoms with E-state index in [-0.39, 0.29) is 34.4 Å². The lowest BCUT2D eigenvalue weighted by atomic mass is 9.72. The first-order valence-electron chi connectivity index (χ1n) is 16.3. The summed E-state index contributed by atoms with van der Waals surface area (Å²) in [6.45, 7) is 6.69. The lowest BCUT2D eigenvalue weighted by Crippen LogP contribution is -2.53. The first kappa shape index (κ1) is 36.9. The molecular weight excluding hydrogens is 650 g/mol. The van der Waals surface area contributed by atoms with Gasteiger partial charge in [0, 0.05) is 42.0 Å². The van der Waals surface area contributed by atoms with Gasteiger partial charge >= 0.3 is 0 Å². The smallest absolute Gasteiger partial charge is 0.202 e. The molecule has 268 valence electrons. The van der Waals surface area contributed by atoms with Crippen LogP contribution >= 0.6 is 0 Å². The van der Waals surface area contributed by atoms with E-state index in [0.717, 1.165) is 5.56 Å². The van der Waals surface area contributed by atoms with Gasteiger partial charge in [-0.2, -0.15) is 0 Å². The number of methoxy groups -OCH3 is 1. The fourth-order valence-corrected chi connectivity index (χ4v) is 6.74. The molecule has 1 aliphatic heterocycles. The standard InChI is InChI=1S/C27H29NO11.C10H14O/c1-10-22(31)13(28)6-17(38-10)39-15-8-27(36,16(30)9-29)7-12-19(15)26(35)21-20(24(12)33)23(32)11-4-3-5-14(37-2)18(11)25(21)34;1-7(2)9-5-4-8(3)10(11)6-9/h3-5,10,13,15,17,22,29,31,33,35-36H,6-9,28H2,1-2H3;4-7,11H,1-3H3/t10-,13-,15-,17-,22+,27-;/m0./s1. The van der Waals surface area contributed by atoms with E-state index in [1.165, 1.54) is 30.9 Å². The van der Waals surface area contributed by atoms with Crippen molar-refractivity contribution in [3.05, 3.63) is 80.9 Å². The minimum atomic E-state index is -2.24. The number of Topliss-reactive ketones (excluding diaryl/α,β-unsaturated/α-hetero) is 1. The van der Waals surface area contributed by atoms with Crippen LogP contribution in [0.1, 0.15) is 99.7 Å². The minimum Gasteiger partial charge on any atom is -0.508 e. The Kier molecular flexibility index (Phi) is 10.4. The Hall–Kier alpha value is -4.37. The van der Waals surface area contributed by atoms with Crippen molar-refractivity contribution in [1.82, 2.24) is 0 Å². The zero-order valence-corrected chi connectivity index (χ0v) is 28.5. The van der Waals surface area contributed by atoms with Crippen molar-refractivity contribution in [3.63, 3.8) is 0 Å². The largest absolute Gasteiger partial charge is 0.508 e. The molecule has 0 bridgehead atoms. The third-order valence-electron chi connectivity index (χ3n) is 9.71. The Bertz CT molecular complexity index is 1830. The van der Waals surface area contributed by atoms with Crippen LogP contribution < -0.4 is 10.5 Å². The summed E-state index contributed by atoms with van der Waals surface area (Å²) in [5, 5.41) is 63.0. The number of aliphatic hydroxyl groups excluding tert-OH is 2. The molecule has 1 saturated heterocycles.